The van der Waals surface area contributed by atoms with Crippen LogP contribution in [0.5, 0.6) is 0 Å². The molecule has 2 N–H and O–H groups in total. The smallest absolute Gasteiger partial charge is 0.129 e. The molecule has 0 unspecified atom stereocenters. The topological polar surface area (TPSA) is 51.8 Å². The molecule has 1 aromatic rings. The Bertz CT molecular complexity index is 355. The van der Waals surface area contributed by atoms with Crippen molar-refractivity contribution in [3.8, 4) is 0 Å². The minimum Gasteiger partial charge on any atom is -0.330 e. The summed E-state index contributed by atoms with van der Waals surface area (Å²) in [5.74, 6) is 0.962. The fraction of sp³-hybridized carbons (Fsp3) is 0.714. The van der Waals surface area contributed by atoms with E-state index >= 15 is 0 Å². The fourth-order valence-corrected chi connectivity index (χ4v) is 2.00. The van der Waals surface area contributed by atoms with Crippen LogP contribution in [0.25, 0.3) is 0 Å². The van der Waals surface area contributed by atoms with Gasteiger partial charge in [0, 0.05) is 17.8 Å². The Balaban J connectivity index is 2.93. The van der Waals surface area contributed by atoms with Crippen molar-refractivity contribution in [1.82, 2.24) is 9.97 Å². The van der Waals surface area contributed by atoms with Crippen LogP contribution in [0.4, 0.5) is 0 Å². The van der Waals surface area contributed by atoms with Crippen LogP contribution in [-0.4, -0.2) is 16.5 Å². The van der Waals surface area contributed by atoms with E-state index in [9.17, 15) is 0 Å². The number of nitrogens with zero attached hydrogens (tertiary/aromatic N) is 2. The molecule has 0 aromatic carbocycles. The van der Waals surface area contributed by atoms with Crippen LogP contribution in [0.2, 0.25) is 0 Å². The maximum absolute atomic E-state index is 5.55. The molecule has 0 aliphatic carbocycles. The van der Waals surface area contributed by atoms with E-state index in [0.29, 0.717) is 0 Å². The van der Waals surface area contributed by atoms with Crippen molar-refractivity contribution in [3.63, 3.8) is 0 Å². The molecule has 0 atom stereocenters. The molecule has 1 heterocycles. The Morgan fingerprint density at radius 3 is 2.00 bits per heavy atom. The van der Waals surface area contributed by atoms with Gasteiger partial charge in [-0.2, -0.15) is 0 Å². The molecular weight excluding hydrogens is 210 g/mol. The van der Waals surface area contributed by atoms with Gasteiger partial charge in [-0.1, -0.05) is 20.8 Å². The predicted octanol–water partition coefficient (Wildman–Crippen LogP) is 2.57. The minimum atomic E-state index is 0.234. The van der Waals surface area contributed by atoms with Gasteiger partial charge in [-0.05, 0) is 44.2 Å². The monoisotopic (exact) mass is 235 g/mol. The van der Waals surface area contributed by atoms with Crippen molar-refractivity contribution in [1.29, 1.82) is 0 Å². The van der Waals surface area contributed by atoms with E-state index in [2.05, 4.69) is 44.6 Å². The summed E-state index contributed by atoms with van der Waals surface area (Å²) in [6, 6.07) is 0. The normalized spacial score (nSPS) is 11.9. The van der Waals surface area contributed by atoms with Crippen molar-refractivity contribution in [2.75, 3.05) is 6.54 Å². The zero-order valence-electron chi connectivity index (χ0n) is 11.8. The summed E-state index contributed by atoms with van der Waals surface area (Å²) in [4.78, 5) is 9.24. The summed E-state index contributed by atoms with van der Waals surface area (Å²) < 4.78 is 0. The first-order chi connectivity index (χ1) is 7.83. The highest BCUT2D eigenvalue weighted by Gasteiger charge is 2.15. The Morgan fingerprint density at radius 2 is 1.59 bits per heavy atom. The van der Waals surface area contributed by atoms with Crippen LogP contribution in [-0.2, 0) is 12.8 Å². The van der Waals surface area contributed by atoms with Gasteiger partial charge >= 0.3 is 0 Å². The fourth-order valence-electron chi connectivity index (χ4n) is 2.00. The number of aromatic nitrogens is 2. The van der Waals surface area contributed by atoms with Crippen molar-refractivity contribution < 1.29 is 0 Å². The summed E-state index contributed by atoms with van der Waals surface area (Å²) in [5, 5.41) is 0. The third kappa shape index (κ3) is 4.43. The van der Waals surface area contributed by atoms with Crippen LogP contribution in [0.1, 0.15) is 50.0 Å². The average Bonchev–Trinajstić information content (AvgIpc) is 2.13. The molecule has 1 aromatic heterocycles. The molecule has 0 saturated carbocycles. The Morgan fingerprint density at radius 1 is 1.06 bits per heavy atom. The van der Waals surface area contributed by atoms with E-state index in [1.54, 1.807) is 0 Å². The summed E-state index contributed by atoms with van der Waals surface area (Å²) >= 11 is 0. The Hall–Kier alpha value is -0.960. The molecule has 0 radical (unpaired) electrons. The van der Waals surface area contributed by atoms with Crippen LogP contribution in [0.3, 0.4) is 0 Å². The van der Waals surface area contributed by atoms with E-state index in [0.717, 1.165) is 43.0 Å². The number of aryl methyl sites for hydroxylation is 2. The quantitative estimate of drug-likeness (QED) is 0.872. The second kappa shape index (κ2) is 5.58. The molecule has 0 aliphatic heterocycles. The second-order valence-electron chi connectivity index (χ2n) is 5.92. The molecule has 0 spiro atoms. The summed E-state index contributed by atoms with van der Waals surface area (Å²) in [6.45, 7) is 11.5. The SMILES string of the molecule is Cc1nc(CC(C)(C)C)nc(C)c1CCCN. The molecule has 0 saturated heterocycles. The minimum absolute atomic E-state index is 0.234. The van der Waals surface area contributed by atoms with Gasteiger partial charge in [-0.25, -0.2) is 9.97 Å². The maximum Gasteiger partial charge on any atom is 0.129 e. The molecule has 3 nitrogen and oxygen atoms in total. The van der Waals surface area contributed by atoms with Gasteiger partial charge in [-0.3, -0.25) is 0 Å². The molecule has 1 rings (SSSR count). The first-order valence-corrected chi connectivity index (χ1v) is 6.36. The first-order valence-electron chi connectivity index (χ1n) is 6.36. The highest BCUT2D eigenvalue weighted by atomic mass is 14.9. The van der Waals surface area contributed by atoms with E-state index in [1.807, 2.05) is 0 Å². The van der Waals surface area contributed by atoms with Crippen molar-refractivity contribution in [2.24, 2.45) is 11.1 Å². The average molecular weight is 235 g/mol. The van der Waals surface area contributed by atoms with Gasteiger partial charge in [0.15, 0.2) is 0 Å². The van der Waals surface area contributed by atoms with E-state index in [1.165, 1.54) is 5.56 Å². The lowest BCUT2D eigenvalue weighted by Gasteiger charge is -2.18. The third-order valence-electron chi connectivity index (χ3n) is 2.79. The molecule has 3 heteroatoms. The van der Waals surface area contributed by atoms with Gasteiger partial charge in [0.1, 0.15) is 5.82 Å². The zero-order chi connectivity index (χ0) is 13.1. The number of hydrogen-bond donors (Lipinski definition) is 1. The van der Waals surface area contributed by atoms with Gasteiger partial charge in [0.05, 0.1) is 0 Å². The van der Waals surface area contributed by atoms with Crippen molar-refractivity contribution >= 4 is 0 Å². The lowest BCUT2D eigenvalue weighted by molar-refractivity contribution is 0.399. The van der Waals surface area contributed by atoms with Crippen molar-refractivity contribution in [2.45, 2.75) is 53.9 Å². The summed E-state index contributed by atoms with van der Waals surface area (Å²) in [6.07, 6.45) is 2.92. The highest BCUT2D eigenvalue weighted by molar-refractivity contribution is 5.24. The summed E-state index contributed by atoms with van der Waals surface area (Å²) in [7, 11) is 0. The first kappa shape index (κ1) is 14.1. The molecule has 96 valence electrons. The van der Waals surface area contributed by atoms with E-state index in [-0.39, 0.29) is 5.41 Å². The largest absolute Gasteiger partial charge is 0.330 e. The van der Waals surface area contributed by atoms with Gasteiger partial charge in [0.25, 0.3) is 0 Å². The second-order valence-corrected chi connectivity index (χ2v) is 5.92. The third-order valence-corrected chi connectivity index (χ3v) is 2.79. The molecule has 0 amide bonds. The predicted molar refractivity (Wildman–Crippen MR) is 72.0 cm³/mol. The maximum atomic E-state index is 5.55. The van der Waals surface area contributed by atoms with Crippen molar-refractivity contribution in [3.05, 3.63) is 22.8 Å². The lowest BCUT2D eigenvalue weighted by atomic mass is 9.91. The van der Waals surface area contributed by atoms with Crippen LogP contribution in [0.15, 0.2) is 0 Å². The highest BCUT2D eigenvalue weighted by Crippen LogP contribution is 2.20. The van der Waals surface area contributed by atoms with E-state index < -0.39 is 0 Å². The standard InChI is InChI=1S/C14H25N3/c1-10-12(7-6-8-15)11(2)17-13(16-10)9-14(3,4)5/h6-9,15H2,1-5H3. The number of nitrogens with two attached hydrogens (primary N) is 1. The number of rotatable bonds is 4. The van der Waals surface area contributed by atoms with Crippen LogP contribution < -0.4 is 5.73 Å². The molecule has 0 aliphatic rings. The molecule has 17 heavy (non-hydrogen) atoms. The lowest BCUT2D eigenvalue weighted by Crippen LogP contribution is -2.15. The zero-order valence-corrected chi connectivity index (χ0v) is 11.8. The molecule has 0 bridgehead atoms. The van der Waals surface area contributed by atoms with Gasteiger partial charge < -0.3 is 5.73 Å². The molecular formula is C14H25N3. The van der Waals surface area contributed by atoms with Gasteiger partial charge in [-0.15, -0.1) is 0 Å². The Labute approximate surface area is 105 Å². The van der Waals surface area contributed by atoms with Crippen LogP contribution >= 0.6 is 0 Å². The summed E-state index contributed by atoms with van der Waals surface area (Å²) in [5.41, 5.74) is 9.29. The van der Waals surface area contributed by atoms with Gasteiger partial charge in [0.2, 0.25) is 0 Å². The molecule has 0 fully saturated rings. The van der Waals surface area contributed by atoms with E-state index in [4.69, 9.17) is 5.73 Å². The van der Waals surface area contributed by atoms with Crippen LogP contribution in [0, 0.1) is 19.3 Å². The number of hydrogen-bond acceptors (Lipinski definition) is 3. The Kier molecular flexibility index (Phi) is 4.63.